The van der Waals surface area contributed by atoms with Gasteiger partial charge in [-0.05, 0) is 19.1 Å². The lowest BCUT2D eigenvalue weighted by atomic mass is 10.2. The molecule has 2 rings (SSSR count). The number of rotatable bonds is 3. The summed E-state index contributed by atoms with van der Waals surface area (Å²) in [5, 5.41) is 0. The molecule has 1 aliphatic rings. The van der Waals surface area contributed by atoms with Crippen LogP contribution in [0.1, 0.15) is 18.8 Å². The van der Waals surface area contributed by atoms with E-state index in [4.69, 9.17) is 14.2 Å². The molecule has 0 amide bonds. The van der Waals surface area contributed by atoms with Gasteiger partial charge in [-0.2, -0.15) is 0 Å². The van der Waals surface area contributed by atoms with Crippen molar-refractivity contribution >= 4 is 15.9 Å². The fraction of sp³-hybridized carbons (Fsp3) is 0.273. The van der Waals surface area contributed by atoms with Crippen LogP contribution in [0.15, 0.2) is 29.1 Å². The molecular formula is C11H10BrFO3. The van der Waals surface area contributed by atoms with Gasteiger partial charge in [-0.3, -0.25) is 0 Å². The first-order chi connectivity index (χ1) is 7.74. The Bertz CT molecular complexity index is 412. The Kier molecular flexibility index (Phi) is 3.33. The van der Waals surface area contributed by atoms with Gasteiger partial charge >= 0.3 is 0 Å². The molecule has 0 bridgehead atoms. The van der Waals surface area contributed by atoms with Gasteiger partial charge in [-0.1, -0.05) is 15.9 Å². The summed E-state index contributed by atoms with van der Waals surface area (Å²) in [7, 11) is 0. The van der Waals surface area contributed by atoms with Crippen molar-refractivity contribution in [3.05, 3.63) is 40.5 Å². The lowest BCUT2D eigenvalue weighted by Gasteiger charge is -2.15. The molecule has 5 heteroatoms. The smallest absolute Gasteiger partial charge is 0.270 e. The average molecular weight is 289 g/mol. The van der Waals surface area contributed by atoms with Crippen LogP contribution < -0.4 is 4.74 Å². The largest absolute Gasteiger partial charge is 0.491 e. The number of ether oxygens (including phenoxy) is 3. The summed E-state index contributed by atoms with van der Waals surface area (Å²) < 4.78 is 30.0. The zero-order valence-corrected chi connectivity index (χ0v) is 10.2. The Morgan fingerprint density at radius 2 is 2.06 bits per heavy atom. The molecule has 1 aromatic carbocycles. The maximum Gasteiger partial charge on any atom is 0.270 e. The third-order valence-electron chi connectivity index (χ3n) is 2.09. The maximum absolute atomic E-state index is 14.0. The predicted octanol–water partition coefficient (Wildman–Crippen LogP) is 3.50. The van der Waals surface area contributed by atoms with Gasteiger partial charge in [0.2, 0.25) is 0 Å². The van der Waals surface area contributed by atoms with E-state index in [-0.39, 0.29) is 5.75 Å². The van der Waals surface area contributed by atoms with E-state index in [1.807, 2.05) is 0 Å². The second kappa shape index (κ2) is 4.74. The van der Waals surface area contributed by atoms with Crippen LogP contribution in [0.3, 0.4) is 0 Å². The third kappa shape index (κ3) is 2.00. The van der Waals surface area contributed by atoms with E-state index in [2.05, 4.69) is 15.9 Å². The quantitative estimate of drug-likeness (QED) is 0.852. The number of benzene rings is 1. The first-order valence-corrected chi connectivity index (χ1v) is 5.60. The van der Waals surface area contributed by atoms with Gasteiger partial charge in [0.1, 0.15) is 12.5 Å². The highest BCUT2D eigenvalue weighted by Crippen LogP contribution is 2.36. The summed E-state index contributed by atoms with van der Waals surface area (Å²) in [5.41, 5.74) is 0.302. The molecule has 3 nitrogen and oxygen atoms in total. The fourth-order valence-corrected chi connectivity index (χ4v) is 1.90. The van der Waals surface area contributed by atoms with Gasteiger partial charge in [-0.25, -0.2) is 4.39 Å². The van der Waals surface area contributed by atoms with Crippen molar-refractivity contribution in [1.29, 1.82) is 0 Å². The molecule has 1 aliphatic heterocycles. The number of hydrogen-bond donors (Lipinski definition) is 0. The van der Waals surface area contributed by atoms with Crippen LogP contribution in [0, 0.1) is 5.82 Å². The monoisotopic (exact) mass is 288 g/mol. The SMILES string of the molecule is CCOc1ccc(Br)c(C2OC=CO2)c1F. The van der Waals surface area contributed by atoms with E-state index in [1.165, 1.54) is 12.5 Å². The minimum Gasteiger partial charge on any atom is -0.491 e. The molecule has 0 fully saturated rings. The Hall–Kier alpha value is -1.23. The second-order valence-corrected chi connectivity index (χ2v) is 3.94. The van der Waals surface area contributed by atoms with Crippen molar-refractivity contribution < 1.29 is 18.6 Å². The summed E-state index contributed by atoms with van der Waals surface area (Å²) in [4.78, 5) is 0. The minimum atomic E-state index is -0.755. The van der Waals surface area contributed by atoms with E-state index in [9.17, 15) is 4.39 Å². The van der Waals surface area contributed by atoms with E-state index < -0.39 is 12.1 Å². The van der Waals surface area contributed by atoms with E-state index >= 15 is 0 Å². The van der Waals surface area contributed by atoms with Crippen molar-refractivity contribution in [2.75, 3.05) is 6.61 Å². The molecule has 1 aromatic rings. The topological polar surface area (TPSA) is 27.7 Å². The van der Waals surface area contributed by atoms with Crippen LogP contribution in [0.5, 0.6) is 5.75 Å². The van der Waals surface area contributed by atoms with Gasteiger partial charge in [0.25, 0.3) is 6.29 Å². The van der Waals surface area contributed by atoms with Crippen molar-refractivity contribution in [3.8, 4) is 5.75 Å². The summed E-state index contributed by atoms with van der Waals surface area (Å²) >= 11 is 3.26. The average Bonchev–Trinajstić information content (AvgIpc) is 2.76. The molecule has 0 radical (unpaired) electrons. The van der Waals surface area contributed by atoms with Crippen molar-refractivity contribution in [3.63, 3.8) is 0 Å². The first kappa shape index (κ1) is 11.3. The highest BCUT2D eigenvalue weighted by atomic mass is 79.9. The van der Waals surface area contributed by atoms with E-state index in [0.717, 1.165) is 0 Å². The summed E-state index contributed by atoms with van der Waals surface area (Å²) in [6, 6.07) is 3.27. The van der Waals surface area contributed by atoms with E-state index in [0.29, 0.717) is 16.6 Å². The third-order valence-corrected chi connectivity index (χ3v) is 2.78. The van der Waals surface area contributed by atoms with Gasteiger partial charge < -0.3 is 14.2 Å². The fourth-order valence-electron chi connectivity index (χ4n) is 1.41. The zero-order chi connectivity index (χ0) is 11.5. The molecule has 0 aliphatic carbocycles. The molecule has 0 N–H and O–H groups in total. The van der Waals surface area contributed by atoms with E-state index in [1.54, 1.807) is 19.1 Å². The van der Waals surface area contributed by atoms with Gasteiger partial charge in [0.15, 0.2) is 11.6 Å². The normalized spacial score (nSPS) is 14.7. The second-order valence-electron chi connectivity index (χ2n) is 3.08. The van der Waals surface area contributed by atoms with Gasteiger partial charge in [0, 0.05) is 4.47 Å². The molecule has 0 unspecified atom stereocenters. The Morgan fingerprint density at radius 1 is 1.38 bits per heavy atom. The minimum absolute atomic E-state index is 0.194. The van der Waals surface area contributed by atoms with Gasteiger partial charge in [0.05, 0.1) is 12.2 Å². The van der Waals surface area contributed by atoms with Crippen LogP contribution >= 0.6 is 15.9 Å². The predicted molar refractivity (Wildman–Crippen MR) is 59.3 cm³/mol. The maximum atomic E-state index is 14.0. The molecule has 16 heavy (non-hydrogen) atoms. The highest BCUT2D eigenvalue weighted by molar-refractivity contribution is 9.10. The van der Waals surface area contributed by atoms with Crippen LogP contribution in [-0.4, -0.2) is 6.61 Å². The molecular weight excluding hydrogens is 279 g/mol. The molecule has 0 saturated heterocycles. The molecule has 0 aromatic heterocycles. The van der Waals surface area contributed by atoms with Crippen molar-refractivity contribution in [2.45, 2.75) is 13.2 Å². The Labute approximate surface area is 101 Å². The lowest BCUT2D eigenvalue weighted by molar-refractivity contribution is -0.0280. The summed E-state index contributed by atoms with van der Waals surface area (Å²) in [6.45, 7) is 2.20. The Morgan fingerprint density at radius 3 is 2.69 bits per heavy atom. The summed E-state index contributed by atoms with van der Waals surface area (Å²) in [5.74, 6) is -0.273. The lowest BCUT2D eigenvalue weighted by Crippen LogP contribution is -2.05. The molecule has 0 saturated carbocycles. The van der Waals surface area contributed by atoms with Crippen LogP contribution in [0.25, 0.3) is 0 Å². The van der Waals surface area contributed by atoms with Crippen molar-refractivity contribution in [2.24, 2.45) is 0 Å². The summed E-state index contributed by atoms with van der Waals surface area (Å²) in [6.07, 6.45) is 2.00. The molecule has 0 spiro atoms. The standard InChI is InChI=1S/C11H10BrFO3/c1-2-14-8-4-3-7(12)9(10(8)13)11-15-5-6-16-11/h3-6,11H,2H2,1H3. The van der Waals surface area contributed by atoms with Gasteiger partial charge in [-0.15, -0.1) is 0 Å². The zero-order valence-electron chi connectivity index (χ0n) is 8.57. The van der Waals surface area contributed by atoms with Crippen LogP contribution in [0.4, 0.5) is 4.39 Å². The molecule has 1 heterocycles. The first-order valence-electron chi connectivity index (χ1n) is 4.80. The highest BCUT2D eigenvalue weighted by Gasteiger charge is 2.25. The molecule has 0 atom stereocenters. The van der Waals surface area contributed by atoms with Crippen molar-refractivity contribution in [1.82, 2.24) is 0 Å². The molecule has 86 valence electrons. The van der Waals surface area contributed by atoms with Crippen LogP contribution in [-0.2, 0) is 9.47 Å². The number of hydrogen-bond acceptors (Lipinski definition) is 3. The Balaban J connectivity index is 2.37. The van der Waals surface area contributed by atoms with Crippen LogP contribution in [0.2, 0.25) is 0 Å². The number of halogens is 2.